The van der Waals surface area contributed by atoms with Gasteiger partial charge >= 0.3 is 5.97 Å². The largest absolute Gasteiger partial charge is 0.467 e. The maximum absolute atomic E-state index is 11.4. The number of amides is 1. The number of esters is 1. The fraction of sp³-hybridized carbons (Fsp3) is 0.800. The van der Waals surface area contributed by atoms with Crippen molar-refractivity contribution in [2.75, 3.05) is 7.11 Å². The predicted octanol–water partition coefficient (Wildman–Crippen LogP) is 1.10. The first-order valence-electron chi connectivity index (χ1n) is 4.91. The molecule has 1 N–H and O–H groups in total. The van der Waals surface area contributed by atoms with Crippen molar-refractivity contribution >= 4 is 11.9 Å². The zero-order chi connectivity index (χ0) is 11.1. The number of ether oxygens (including phenoxy) is 1. The van der Waals surface area contributed by atoms with Gasteiger partial charge in [-0.1, -0.05) is 26.7 Å². The summed E-state index contributed by atoms with van der Waals surface area (Å²) in [7, 11) is 1.33. The van der Waals surface area contributed by atoms with Gasteiger partial charge in [-0.2, -0.15) is 0 Å². The minimum Gasteiger partial charge on any atom is -0.467 e. The van der Waals surface area contributed by atoms with Crippen LogP contribution in [0.2, 0.25) is 0 Å². The Balaban J connectivity index is 4.51. The van der Waals surface area contributed by atoms with Gasteiger partial charge in [0.05, 0.1) is 7.11 Å². The molecule has 0 radical (unpaired) electrons. The normalized spacial score (nSPS) is 12.4. The minimum atomic E-state index is -0.507. The fourth-order valence-corrected chi connectivity index (χ4v) is 1.48. The molecule has 0 aromatic rings. The highest BCUT2D eigenvalue weighted by molar-refractivity contribution is 5.83. The predicted molar refractivity (Wildman–Crippen MR) is 53.7 cm³/mol. The molecule has 4 heteroatoms. The van der Waals surface area contributed by atoms with E-state index in [4.69, 9.17) is 0 Å². The molecule has 0 heterocycles. The van der Waals surface area contributed by atoms with Crippen molar-refractivity contribution in [3.8, 4) is 0 Å². The van der Waals surface area contributed by atoms with E-state index in [0.717, 1.165) is 12.8 Å². The van der Waals surface area contributed by atoms with Gasteiger partial charge in [-0.3, -0.25) is 4.79 Å². The van der Waals surface area contributed by atoms with Gasteiger partial charge in [0.15, 0.2) is 0 Å². The average Bonchev–Trinajstić information content (AvgIpc) is 2.16. The lowest BCUT2D eigenvalue weighted by Gasteiger charge is -2.23. The average molecular weight is 201 g/mol. The Labute approximate surface area is 85.0 Å². The fourth-order valence-electron chi connectivity index (χ4n) is 1.48. The summed E-state index contributed by atoms with van der Waals surface area (Å²) >= 11 is 0. The maximum Gasteiger partial charge on any atom is 0.328 e. The van der Waals surface area contributed by atoms with E-state index in [2.05, 4.69) is 10.1 Å². The van der Waals surface area contributed by atoms with E-state index in [0.29, 0.717) is 0 Å². The molecule has 0 saturated carbocycles. The first kappa shape index (κ1) is 12.9. The third-order valence-electron chi connectivity index (χ3n) is 2.33. The first-order chi connectivity index (χ1) is 6.56. The van der Waals surface area contributed by atoms with Crippen molar-refractivity contribution < 1.29 is 14.3 Å². The van der Waals surface area contributed by atoms with Crippen LogP contribution < -0.4 is 5.32 Å². The van der Waals surface area contributed by atoms with Crippen LogP contribution in [0.25, 0.3) is 0 Å². The van der Waals surface area contributed by atoms with E-state index in [9.17, 15) is 9.59 Å². The van der Waals surface area contributed by atoms with E-state index in [1.807, 2.05) is 13.8 Å². The lowest BCUT2D eigenvalue weighted by Crippen LogP contribution is -2.45. The SMILES string of the molecule is CCC(CC)[C@H](NC(C)=O)C(=O)OC. The van der Waals surface area contributed by atoms with Crippen molar-refractivity contribution in [1.82, 2.24) is 5.32 Å². The van der Waals surface area contributed by atoms with Crippen molar-refractivity contribution in [3.05, 3.63) is 0 Å². The van der Waals surface area contributed by atoms with E-state index >= 15 is 0 Å². The van der Waals surface area contributed by atoms with Gasteiger partial charge in [0.25, 0.3) is 0 Å². The smallest absolute Gasteiger partial charge is 0.328 e. The quantitative estimate of drug-likeness (QED) is 0.678. The van der Waals surface area contributed by atoms with Crippen molar-refractivity contribution in [1.29, 1.82) is 0 Å². The van der Waals surface area contributed by atoms with Crippen LogP contribution in [0.3, 0.4) is 0 Å². The number of rotatable bonds is 5. The number of carbonyl (C=O) groups excluding carboxylic acids is 2. The monoisotopic (exact) mass is 201 g/mol. The zero-order valence-corrected chi connectivity index (χ0v) is 9.29. The molecule has 82 valence electrons. The molecule has 0 aromatic carbocycles. The highest BCUT2D eigenvalue weighted by Crippen LogP contribution is 2.14. The second-order valence-electron chi connectivity index (χ2n) is 3.28. The lowest BCUT2D eigenvalue weighted by molar-refractivity contribution is -0.146. The maximum atomic E-state index is 11.4. The first-order valence-corrected chi connectivity index (χ1v) is 4.91. The summed E-state index contributed by atoms with van der Waals surface area (Å²) < 4.78 is 4.64. The molecule has 14 heavy (non-hydrogen) atoms. The Morgan fingerprint density at radius 2 is 1.79 bits per heavy atom. The van der Waals surface area contributed by atoms with E-state index < -0.39 is 6.04 Å². The minimum absolute atomic E-state index is 0.145. The standard InChI is InChI=1S/C10H19NO3/c1-5-8(6-2)9(10(13)14-4)11-7(3)12/h8-9H,5-6H2,1-4H3,(H,11,12)/t9-/m0/s1. The molecular formula is C10H19NO3. The van der Waals surface area contributed by atoms with Crippen LogP contribution in [0.5, 0.6) is 0 Å². The number of nitrogens with one attached hydrogen (secondary N) is 1. The highest BCUT2D eigenvalue weighted by Gasteiger charge is 2.27. The van der Waals surface area contributed by atoms with E-state index in [-0.39, 0.29) is 17.8 Å². The van der Waals surface area contributed by atoms with Crippen LogP contribution in [0.15, 0.2) is 0 Å². The molecule has 0 spiro atoms. The van der Waals surface area contributed by atoms with Gasteiger partial charge in [-0.25, -0.2) is 4.79 Å². The molecule has 0 aliphatic carbocycles. The summed E-state index contributed by atoms with van der Waals surface area (Å²) in [6.07, 6.45) is 1.69. The van der Waals surface area contributed by atoms with Crippen LogP contribution in [-0.2, 0) is 14.3 Å². The zero-order valence-electron chi connectivity index (χ0n) is 9.29. The Bertz CT molecular complexity index is 200. The van der Waals surface area contributed by atoms with Gasteiger partial charge in [-0.15, -0.1) is 0 Å². The van der Waals surface area contributed by atoms with Gasteiger partial charge < -0.3 is 10.1 Å². The lowest BCUT2D eigenvalue weighted by atomic mass is 9.94. The van der Waals surface area contributed by atoms with Crippen molar-refractivity contribution in [3.63, 3.8) is 0 Å². The summed E-state index contributed by atoms with van der Waals surface area (Å²) in [4.78, 5) is 22.3. The number of carbonyl (C=O) groups is 2. The summed E-state index contributed by atoms with van der Waals surface area (Å²) in [5, 5.41) is 2.62. The van der Waals surface area contributed by atoms with Gasteiger partial charge in [0.2, 0.25) is 5.91 Å². The van der Waals surface area contributed by atoms with Crippen LogP contribution in [0, 0.1) is 5.92 Å². The molecule has 1 atom stereocenters. The second-order valence-corrected chi connectivity index (χ2v) is 3.28. The summed E-state index contributed by atoms with van der Waals surface area (Å²) in [6.45, 7) is 5.39. The molecule has 0 bridgehead atoms. The number of hydrogen-bond acceptors (Lipinski definition) is 3. The summed E-state index contributed by atoms with van der Waals surface area (Å²) in [6, 6.07) is -0.507. The molecule has 0 aliphatic heterocycles. The van der Waals surface area contributed by atoms with Crippen molar-refractivity contribution in [2.45, 2.75) is 39.7 Å². The summed E-state index contributed by atoms with van der Waals surface area (Å²) in [5.41, 5.74) is 0. The van der Waals surface area contributed by atoms with Gasteiger partial charge in [-0.05, 0) is 5.92 Å². The topological polar surface area (TPSA) is 55.4 Å². The van der Waals surface area contributed by atoms with Gasteiger partial charge in [0.1, 0.15) is 6.04 Å². The van der Waals surface area contributed by atoms with Crippen LogP contribution in [0.1, 0.15) is 33.6 Å². The molecular weight excluding hydrogens is 182 g/mol. The summed E-state index contributed by atoms with van der Waals surface area (Å²) in [5.74, 6) is -0.424. The second kappa shape index (κ2) is 6.40. The van der Waals surface area contributed by atoms with Crippen LogP contribution in [-0.4, -0.2) is 25.0 Å². The van der Waals surface area contributed by atoms with Crippen LogP contribution in [0.4, 0.5) is 0 Å². The molecule has 1 amide bonds. The molecule has 0 saturated heterocycles. The Hall–Kier alpha value is -1.06. The molecule has 0 rings (SSSR count). The van der Waals surface area contributed by atoms with Gasteiger partial charge in [0, 0.05) is 6.92 Å². The third-order valence-corrected chi connectivity index (χ3v) is 2.33. The molecule has 4 nitrogen and oxygen atoms in total. The molecule has 0 unspecified atom stereocenters. The number of methoxy groups -OCH3 is 1. The Kier molecular flexibility index (Phi) is 5.92. The highest BCUT2D eigenvalue weighted by atomic mass is 16.5. The third kappa shape index (κ3) is 3.77. The molecule has 0 aromatic heterocycles. The molecule has 0 aliphatic rings. The van der Waals surface area contributed by atoms with E-state index in [1.54, 1.807) is 0 Å². The van der Waals surface area contributed by atoms with Crippen LogP contribution >= 0.6 is 0 Å². The van der Waals surface area contributed by atoms with Crippen molar-refractivity contribution in [2.24, 2.45) is 5.92 Å². The van der Waals surface area contributed by atoms with E-state index in [1.165, 1.54) is 14.0 Å². The Morgan fingerprint density at radius 1 is 1.29 bits per heavy atom. The Morgan fingerprint density at radius 3 is 2.07 bits per heavy atom. The molecule has 0 fully saturated rings. The number of hydrogen-bond donors (Lipinski definition) is 1.